The molecule has 4 N–H and O–H groups in total. The molecule has 9 nitrogen and oxygen atoms in total. The number of fused-ring (bicyclic) bond motifs is 1. The molecule has 0 spiro atoms. The number of hydrogen-bond acceptors (Lipinski definition) is 6. The molecule has 4 rings (SSSR count). The molecule has 1 saturated heterocycles. The number of aromatic nitrogens is 1. The molecule has 35 heavy (non-hydrogen) atoms. The second kappa shape index (κ2) is 10.0. The molecule has 2 atom stereocenters. The predicted octanol–water partition coefficient (Wildman–Crippen LogP) is 2.39. The molecule has 1 aromatic heterocycles. The number of carbonyl (C=O) groups excluding carboxylic acids is 3. The topological polar surface area (TPSA) is 132 Å². The molecule has 9 heteroatoms. The average Bonchev–Trinajstić information content (AvgIpc) is 3.34. The number of nitrogens with two attached hydrogens (primary N) is 2. The maximum Gasteiger partial charge on any atom is 0.250 e. The van der Waals surface area contributed by atoms with E-state index in [4.69, 9.17) is 16.2 Å². The van der Waals surface area contributed by atoms with Gasteiger partial charge in [-0.05, 0) is 53.6 Å². The number of ether oxygens (including phenoxy) is 1. The van der Waals surface area contributed by atoms with E-state index in [1.807, 2.05) is 24.3 Å². The highest BCUT2D eigenvalue weighted by Gasteiger charge is 2.40. The predicted molar refractivity (Wildman–Crippen MR) is 132 cm³/mol. The molecule has 182 valence electrons. The Kier molecular flexibility index (Phi) is 6.86. The van der Waals surface area contributed by atoms with E-state index in [-0.39, 0.29) is 18.4 Å². The van der Waals surface area contributed by atoms with Crippen LogP contribution in [0.15, 0.2) is 54.7 Å². The van der Waals surface area contributed by atoms with E-state index in [9.17, 15) is 14.4 Å². The first-order chi connectivity index (χ1) is 16.8. The lowest BCUT2D eigenvalue weighted by Crippen LogP contribution is -2.49. The minimum Gasteiger partial charge on any atom is -0.497 e. The highest BCUT2D eigenvalue weighted by Crippen LogP contribution is 2.32. The fourth-order valence-corrected chi connectivity index (χ4v) is 4.68. The van der Waals surface area contributed by atoms with Crippen LogP contribution in [0.4, 0.5) is 5.82 Å². The van der Waals surface area contributed by atoms with Gasteiger partial charge < -0.3 is 26.0 Å². The number of likely N-dealkylation sites (tertiary alicyclic amines) is 1. The van der Waals surface area contributed by atoms with Gasteiger partial charge in [0.25, 0.3) is 5.91 Å². The van der Waals surface area contributed by atoms with Gasteiger partial charge in [-0.1, -0.05) is 24.3 Å². The van der Waals surface area contributed by atoms with Crippen molar-refractivity contribution in [3.8, 4) is 5.75 Å². The molecular weight excluding hydrogens is 446 g/mol. The summed E-state index contributed by atoms with van der Waals surface area (Å²) in [6, 6.07) is 12.9. The Morgan fingerprint density at radius 1 is 1.20 bits per heavy atom. The van der Waals surface area contributed by atoms with Crippen molar-refractivity contribution in [3.63, 3.8) is 0 Å². The molecule has 2 heterocycles. The van der Waals surface area contributed by atoms with Crippen LogP contribution < -0.4 is 16.2 Å². The van der Waals surface area contributed by atoms with Crippen LogP contribution in [-0.4, -0.2) is 52.2 Å². The molecule has 1 aliphatic heterocycles. The Morgan fingerprint density at radius 3 is 2.71 bits per heavy atom. The summed E-state index contributed by atoms with van der Waals surface area (Å²) in [7, 11) is 1.54. The molecule has 0 aliphatic carbocycles. The number of carbonyl (C=O) groups is 3. The molecule has 0 saturated carbocycles. The van der Waals surface area contributed by atoms with Crippen molar-refractivity contribution in [3.05, 3.63) is 65.9 Å². The molecular formula is C26H29N5O4. The van der Waals surface area contributed by atoms with Gasteiger partial charge in [-0.15, -0.1) is 0 Å². The molecule has 2 aromatic carbocycles. The summed E-state index contributed by atoms with van der Waals surface area (Å²) in [5, 5.41) is 1.70. The number of nitrogens with zero attached hydrogens (tertiary/aromatic N) is 3. The zero-order valence-electron chi connectivity index (χ0n) is 19.8. The number of primary amides is 1. The Hall–Kier alpha value is -4.14. The first kappa shape index (κ1) is 24.0. The Bertz CT molecular complexity index is 1280. The number of rotatable bonds is 7. The lowest BCUT2D eigenvalue weighted by Gasteiger charge is -2.35. The van der Waals surface area contributed by atoms with Crippen LogP contribution in [0.3, 0.4) is 0 Å². The van der Waals surface area contributed by atoms with Gasteiger partial charge in [-0.3, -0.25) is 14.4 Å². The van der Waals surface area contributed by atoms with Crippen molar-refractivity contribution in [2.24, 2.45) is 5.73 Å². The van der Waals surface area contributed by atoms with Crippen LogP contribution in [0.25, 0.3) is 10.8 Å². The fourth-order valence-electron chi connectivity index (χ4n) is 4.68. The van der Waals surface area contributed by atoms with Gasteiger partial charge >= 0.3 is 0 Å². The fraction of sp³-hybridized carbons (Fsp3) is 0.308. The third-order valence-corrected chi connectivity index (χ3v) is 6.44. The van der Waals surface area contributed by atoms with Crippen molar-refractivity contribution < 1.29 is 19.1 Å². The highest BCUT2D eigenvalue weighted by atomic mass is 16.5. The minimum absolute atomic E-state index is 0.177. The maximum absolute atomic E-state index is 13.9. The lowest BCUT2D eigenvalue weighted by molar-refractivity contribution is -0.148. The standard InChI is InChI=1S/C26H29N5O4/c1-16(32)31(15-17-8-9-21-18(13-17)10-11-29-24(21)27)23(19-5-3-6-20(14-19)35-2)26(34)30-12-4-7-22(30)25(28)33/h3,5-6,8-11,13-14,22-23H,4,7,12,15H2,1-2H3,(H2,27,29)(H2,28,33)/t22-,23?/m0/s1. The summed E-state index contributed by atoms with van der Waals surface area (Å²) in [6.45, 7) is 2.01. The summed E-state index contributed by atoms with van der Waals surface area (Å²) >= 11 is 0. The molecule has 0 bridgehead atoms. The molecule has 1 fully saturated rings. The van der Waals surface area contributed by atoms with E-state index >= 15 is 0 Å². The van der Waals surface area contributed by atoms with E-state index in [0.717, 1.165) is 16.3 Å². The van der Waals surface area contributed by atoms with Gasteiger partial charge in [-0.25, -0.2) is 4.98 Å². The van der Waals surface area contributed by atoms with Gasteiger partial charge in [0.2, 0.25) is 11.8 Å². The minimum atomic E-state index is -0.958. The summed E-state index contributed by atoms with van der Waals surface area (Å²) in [5.41, 5.74) is 13.0. The van der Waals surface area contributed by atoms with E-state index < -0.39 is 18.0 Å². The van der Waals surface area contributed by atoms with Crippen molar-refractivity contribution in [1.29, 1.82) is 0 Å². The number of anilines is 1. The zero-order chi connectivity index (χ0) is 25.1. The molecule has 1 unspecified atom stereocenters. The average molecular weight is 476 g/mol. The Balaban J connectivity index is 1.76. The van der Waals surface area contributed by atoms with Gasteiger partial charge in [0.05, 0.1) is 7.11 Å². The van der Waals surface area contributed by atoms with Crippen molar-refractivity contribution in [2.45, 2.75) is 38.4 Å². The second-order valence-electron chi connectivity index (χ2n) is 8.67. The van der Waals surface area contributed by atoms with E-state index in [0.29, 0.717) is 36.5 Å². The van der Waals surface area contributed by atoms with E-state index in [1.165, 1.54) is 23.8 Å². The molecule has 1 aliphatic rings. The monoisotopic (exact) mass is 475 g/mol. The van der Waals surface area contributed by atoms with Crippen molar-refractivity contribution in [1.82, 2.24) is 14.8 Å². The number of amides is 3. The van der Waals surface area contributed by atoms with Crippen LogP contribution in [-0.2, 0) is 20.9 Å². The van der Waals surface area contributed by atoms with Crippen LogP contribution in [0, 0.1) is 0 Å². The number of methoxy groups -OCH3 is 1. The zero-order valence-corrected chi connectivity index (χ0v) is 19.8. The van der Waals surface area contributed by atoms with Crippen LogP contribution in [0.5, 0.6) is 5.75 Å². The summed E-state index contributed by atoms with van der Waals surface area (Å²) < 4.78 is 5.37. The smallest absolute Gasteiger partial charge is 0.250 e. The largest absolute Gasteiger partial charge is 0.497 e. The van der Waals surface area contributed by atoms with Crippen LogP contribution >= 0.6 is 0 Å². The van der Waals surface area contributed by atoms with Crippen molar-refractivity contribution >= 4 is 34.3 Å². The molecule has 0 radical (unpaired) electrons. The number of nitrogen functional groups attached to an aromatic ring is 1. The first-order valence-corrected chi connectivity index (χ1v) is 11.4. The SMILES string of the molecule is COc1cccc(C(C(=O)N2CCC[C@H]2C(N)=O)N(Cc2ccc3c(N)nccc3c2)C(C)=O)c1. The van der Waals surface area contributed by atoms with E-state index in [1.54, 1.807) is 30.5 Å². The third-order valence-electron chi connectivity index (χ3n) is 6.44. The molecule has 3 amide bonds. The Labute approximate surface area is 203 Å². The van der Waals surface area contributed by atoms with Gasteiger partial charge in [0.1, 0.15) is 23.7 Å². The summed E-state index contributed by atoms with van der Waals surface area (Å²) in [4.78, 5) is 46.0. The number of hydrogen-bond donors (Lipinski definition) is 2. The normalized spacial score (nSPS) is 16.2. The maximum atomic E-state index is 13.9. The number of pyridine rings is 1. The number of benzene rings is 2. The summed E-state index contributed by atoms with van der Waals surface area (Å²) in [5.74, 6) is -0.187. The first-order valence-electron chi connectivity index (χ1n) is 11.4. The second-order valence-corrected chi connectivity index (χ2v) is 8.67. The molecule has 3 aromatic rings. The van der Waals surface area contributed by atoms with Gasteiger partial charge in [0.15, 0.2) is 0 Å². The van der Waals surface area contributed by atoms with Gasteiger partial charge in [-0.2, -0.15) is 0 Å². The lowest BCUT2D eigenvalue weighted by atomic mass is 10.0. The summed E-state index contributed by atoms with van der Waals surface area (Å²) in [6.07, 6.45) is 2.81. The third kappa shape index (κ3) is 4.89. The van der Waals surface area contributed by atoms with E-state index in [2.05, 4.69) is 4.98 Å². The van der Waals surface area contributed by atoms with Crippen molar-refractivity contribution in [2.75, 3.05) is 19.4 Å². The quantitative estimate of drug-likeness (QED) is 0.539. The van der Waals surface area contributed by atoms with Crippen LogP contribution in [0.1, 0.15) is 36.9 Å². The Morgan fingerprint density at radius 2 is 2.00 bits per heavy atom. The van der Waals surface area contributed by atoms with Gasteiger partial charge in [0, 0.05) is 31.6 Å². The highest BCUT2D eigenvalue weighted by molar-refractivity contribution is 5.93. The van der Waals surface area contributed by atoms with Crippen LogP contribution in [0.2, 0.25) is 0 Å².